The van der Waals surface area contributed by atoms with Gasteiger partial charge in [-0.3, -0.25) is 0 Å². The summed E-state index contributed by atoms with van der Waals surface area (Å²) in [6.45, 7) is 7.18. The van der Waals surface area contributed by atoms with Gasteiger partial charge >= 0.3 is 0 Å². The normalized spacial score (nSPS) is 13.9. The standard InChI is InChI=1S/C17H28OSi/c1-4-5-6-7-9-14-17(15-18)19(2,3)16-12-10-8-11-13-16/h8-14,17-18H,4-7,15H2,1-3H3/b14-9+/t17-/m1/s1. The van der Waals surface area contributed by atoms with Crippen LogP contribution in [0.3, 0.4) is 0 Å². The Morgan fingerprint density at radius 1 is 1.16 bits per heavy atom. The third-order valence-corrected chi connectivity index (χ3v) is 8.03. The second-order valence-corrected chi connectivity index (χ2v) is 10.6. The first-order valence-electron chi connectivity index (χ1n) is 7.46. The van der Waals surface area contributed by atoms with Gasteiger partial charge in [0.25, 0.3) is 0 Å². The van der Waals surface area contributed by atoms with Crippen molar-refractivity contribution >= 4 is 13.3 Å². The van der Waals surface area contributed by atoms with Crippen LogP contribution in [0.15, 0.2) is 42.5 Å². The maximum atomic E-state index is 9.71. The van der Waals surface area contributed by atoms with Crippen molar-refractivity contribution in [2.24, 2.45) is 0 Å². The van der Waals surface area contributed by atoms with Crippen molar-refractivity contribution in [3.05, 3.63) is 42.5 Å². The van der Waals surface area contributed by atoms with Gasteiger partial charge in [-0.1, -0.05) is 80.5 Å². The zero-order valence-electron chi connectivity index (χ0n) is 12.6. The molecule has 0 heterocycles. The van der Waals surface area contributed by atoms with Crippen molar-refractivity contribution < 1.29 is 5.11 Å². The summed E-state index contributed by atoms with van der Waals surface area (Å²) in [4.78, 5) is 0. The Morgan fingerprint density at radius 2 is 1.84 bits per heavy atom. The van der Waals surface area contributed by atoms with E-state index in [-0.39, 0.29) is 6.61 Å². The molecule has 1 atom stereocenters. The third kappa shape index (κ3) is 4.96. The van der Waals surface area contributed by atoms with Gasteiger partial charge < -0.3 is 5.11 Å². The van der Waals surface area contributed by atoms with Gasteiger partial charge in [0, 0.05) is 6.61 Å². The second-order valence-electron chi connectivity index (χ2n) is 5.80. The minimum atomic E-state index is -1.61. The molecule has 2 heteroatoms. The van der Waals surface area contributed by atoms with Crippen LogP contribution in [-0.4, -0.2) is 19.8 Å². The highest BCUT2D eigenvalue weighted by molar-refractivity contribution is 6.91. The average molecular weight is 276 g/mol. The topological polar surface area (TPSA) is 20.2 Å². The van der Waals surface area contributed by atoms with Crippen molar-refractivity contribution in [2.45, 2.75) is 51.2 Å². The zero-order valence-corrected chi connectivity index (χ0v) is 13.6. The van der Waals surface area contributed by atoms with Crippen LogP contribution in [0, 0.1) is 0 Å². The first-order chi connectivity index (χ1) is 9.12. The number of allylic oxidation sites excluding steroid dienone is 1. The van der Waals surface area contributed by atoms with Gasteiger partial charge in [0.1, 0.15) is 0 Å². The Hall–Kier alpha value is -0.863. The fourth-order valence-electron chi connectivity index (χ4n) is 2.38. The molecule has 1 N–H and O–H groups in total. The van der Waals surface area contributed by atoms with Gasteiger partial charge in [0.2, 0.25) is 0 Å². The first-order valence-corrected chi connectivity index (χ1v) is 10.5. The number of benzene rings is 1. The van der Waals surface area contributed by atoms with Crippen LogP contribution in [0.2, 0.25) is 18.6 Å². The monoisotopic (exact) mass is 276 g/mol. The Labute approximate surface area is 119 Å². The largest absolute Gasteiger partial charge is 0.396 e. The zero-order chi connectivity index (χ0) is 14.1. The number of aliphatic hydroxyl groups excluding tert-OH is 1. The maximum absolute atomic E-state index is 9.71. The minimum absolute atomic E-state index is 0.262. The van der Waals surface area contributed by atoms with E-state index in [1.807, 2.05) is 0 Å². The molecule has 0 saturated carbocycles. The summed E-state index contributed by atoms with van der Waals surface area (Å²) in [6, 6.07) is 10.7. The van der Waals surface area contributed by atoms with Crippen LogP contribution < -0.4 is 5.19 Å². The Balaban J connectivity index is 2.67. The molecule has 0 spiro atoms. The molecule has 0 saturated heterocycles. The number of hydrogen-bond acceptors (Lipinski definition) is 1. The molecule has 0 aliphatic rings. The van der Waals surface area contributed by atoms with E-state index in [0.29, 0.717) is 5.54 Å². The summed E-state index contributed by atoms with van der Waals surface area (Å²) < 4.78 is 0. The van der Waals surface area contributed by atoms with Crippen LogP contribution >= 0.6 is 0 Å². The van der Waals surface area contributed by atoms with Crippen molar-refractivity contribution in [3.8, 4) is 0 Å². The van der Waals surface area contributed by atoms with Crippen molar-refractivity contribution in [1.82, 2.24) is 0 Å². The lowest BCUT2D eigenvalue weighted by Crippen LogP contribution is -2.46. The molecule has 1 aromatic rings. The van der Waals surface area contributed by atoms with Crippen LogP contribution in [0.4, 0.5) is 0 Å². The lowest BCUT2D eigenvalue weighted by Gasteiger charge is -2.29. The molecule has 0 fully saturated rings. The molecule has 0 aliphatic heterocycles. The van der Waals surface area contributed by atoms with E-state index in [9.17, 15) is 5.11 Å². The van der Waals surface area contributed by atoms with E-state index in [4.69, 9.17) is 0 Å². The molecular weight excluding hydrogens is 248 g/mol. The highest BCUT2D eigenvalue weighted by Crippen LogP contribution is 2.23. The van der Waals surface area contributed by atoms with Crippen molar-refractivity contribution in [3.63, 3.8) is 0 Å². The summed E-state index contributed by atoms with van der Waals surface area (Å²) in [5.41, 5.74) is 0.316. The number of hydrogen-bond donors (Lipinski definition) is 1. The lowest BCUT2D eigenvalue weighted by molar-refractivity contribution is 0.300. The summed E-state index contributed by atoms with van der Waals surface area (Å²) in [5, 5.41) is 11.1. The number of rotatable bonds is 8. The number of aliphatic hydroxyl groups is 1. The van der Waals surface area contributed by atoms with E-state index in [2.05, 4.69) is 62.5 Å². The number of unbranched alkanes of at least 4 members (excludes halogenated alkanes) is 3. The molecule has 0 aliphatic carbocycles. The molecule has 0 amide bonds. The summed E-state index contributed by atoms with van der Waals surface area (Å²) in [5.74, 6) is 0. The van der Waals surface area contributed by atoms with Gasteiger partial charge in [-0.15, -0.1) is 0 Å². The fourth-order valence-corrected chi connectivity index (χ4v) is 4.94. The molecule has 1 aromatic carbocycles. The molecule has 0 aromatic heterocycles. The second kappa shape index (κ2) is 8.34. The minimum Gasteiger partial charge on any atom is -0.396 e. The van der Waals surface area contributed by atoms with E-state index >= 15 is 0 Å². The third-order valence-electron chi connectivity index (χ3n) is 3.98. The molecule has 106 valence electrons. The molecule has 0 bridgehead atoms. The van der Waals surface area contributed by atoms with E-state index < -0.39 is 8.07 Å². The lowest BCUT2D eigenvalue weighted by atomic mass is 10.2. The molecule has 1 nitrogen and oxygen atoms in total. The van der Waals surface area contributed by atoms with Crippen LogP contribution in [-0.2, 0) is 0 Å². The molecule has 19 heavy (non-hydrogen) atoms. The summed E-state index contributed by atoms with van der Waals surface area (Å²) in [6.07, 6.45) is 9.50. The van der Waals surface area contributed by atoms with E-state index in [1.165, 1.54) is 24.4 Å². The van der Waals surface area contributed by atoms with Gasteiger partial charge in [0.15, 0.2) is 0 Å². The van der Waals surface area contributed by atoms with Gasteiger partial charge in [-0.25, -0.2) is 0 Å². The van der Waals surface area contributed by atoms with Gasteiger partial charge in [-0.05, 0) is 18.4 Å². The average Bonchev–Trinajstić information content (AvgIpc) is 2.43. The predicted octanol–water partition coefficient (Wildman–Crippen LogP) is 4.10. The highest BCUT2D eigenvalue weighted by Gasteiger charge is 2.31. The maximum Gasteiger partial charge on any atom is 0.0898 e. The first kappa shape index (κ1) is 16.2. The van der Waals surface area contributed by atoms with Crippen LogP contribution in [0.25, 0.3) is 0 Å². The summed E-state index contributed by atoms with van der Waals surface area (Å²) >= 11 is 0. The quantitative estimate of drug-likeness (QED) is 0.430. The van der Waals surface area contributed by atoms with E-state index in [1.54, 1.807) is 0 Å². The van der Waals surface area contributed by atoms with E-state index in [0.717, 1.165) is 6.42 Å². The van der Waals surface area contributed by atoms with Crippen molar-refractivity contribution in [1.29, 1.82) is 0 Å². The van der Waals surface area contributed by atoms with Crippen LogP contribution in [0.5, 0.6) is 0 Å². The Morgan fingerprint density at radius 3 is 2.42 bits per heavy atom. The molecule has 0 unspecified atom stereocenters. The molecule has 1 rings (SSSR count). The fraction of sp³-hybridized carbons (Fsp3) is 0.529. The Kier molecular flexibility index (Phi) is 7.10. The predicted molar refractivity (Wildman–Crippen MR) is 87.7 cm³/mol. The van der Waals surface area contributed by atoms with Gasteiger partial charge in [0.05, 0.1) is 8.07 Å². The highest BCUT2D eigenvalue weighted by atomic mass is 28.3. The van der Waals surface area contributed by atoms with Crippen LogP contribution in [0.1, 0.15) is 32.6 Å². The SMILES string of the molecule is CCCCC/C=C/[C@H](CO)[Si](C)(C)c1ccccc1. The Bertz CT molecular complexity index is 370. The smallest absolute Gasteiger partial charge is 0.0898 e. The van der Waals surface area contributed by atoms with Gasteiger partial charge in [-0.2, -0.15) is 0 Å². The van der Waals surface area contributed by atoms with Crippen molar-refractivity contribution in [2.75, 3.05) is 6.61 Å². The summed E-state index contributed by atoms with van der Waals surface area (Å²) in [7, 11) is -1.61. The molecule has 0 radical (unpaired) electrons. The molecular formula is C17H28OSi.